The molecule has 0 aromatic carbocycles. The molecule has 0 aliphatic heterocycles. The molecule has 1 aromatic rings. The number of hydrogen-bond acceptors (Lipinski definition) is 3. The van der Waals surface area contributed by atoms with Gasteiger partial charge in [-0.05, 0) is 18.9 Å². The summed E-state index contributed by atoms with van der Waals surface area (Å²) in [5, 5.41) is 0. The van der Waals surface area contributed by atoms with Gasteiger partial charge in [0.15, 0.2) is 0 Å². The summed E-state index contributed by atoms with van der Waals surface area (Å²) in [6, 6.07) is 1.10. The summed E-state index contributed by atoms with van der Waals surface area (Å²) in [5.74, 6) is 0.126. The summed E-state index contributed by atoms with van der Waals surface area (Å²) < 4.78 is 43.5. The lowest BCUT2D eigenvalue weighted by atomic mass is 10.1. The van der Waals surface area contributed by atoms with Crippen molar-refractivity contribution in [2.24, 2.45) is 5.73 Å². The van der Waals surface area contributed by atoms with Crippen LogP contribution in [0.5, 0.6) is 5.88 Å². The SMILES string of the molecule is COc1nc(C2CC2)cc(C(F)(F)F)c1CN. The average Bonchev–Trinajstić information content (AvgIpc) is 3.09. The highest BCUT2D eigenvalue weighted by Crippen LogP contribution is 2.43. The van der Waals surface area contributed by atoms with Crippen molar-refractivity contribution in [1.82, 2.24) is 4.98 Å². The second kappa shape index (κ2) is 4.18. The first-order valence-corrected chi connectivity index (χ1v) is 5.32. The van der Waals surface area contributed by atoms with Gasteiger partial charge in [0, 0.05) is 23.7 Å². The summed E-state index contributed by atoms with van der Waals surface area (Å²) in [5.41, 5.74) is 4.99. The predicted octanol–water partition coefficient (Wildman–Crippen LogP) is 2.45. The van der Waals surface area contributed by atoms with E-state index in [1.165, 1.54) is 7.11 Å². The molecule has 1 aliphatic rings. The van der Waals surface area contributed by atoms with E-state index in [4.69, 9.17) is 10.5 Å². The monoisotopic (exact) mass is 246 g/mol. The number of methoxy groups -OCH3 is 1. The smallest absolute Gasteiger partial charge is 0.416 e. The van der Waals surface area contributed by atoms with E-state index in [2.05, 4.69) is 4.98 Å². The third-order valence-corrected chi connectivity index (χ3v) is 2.80. The molecule has 1 aliphatic carbocycles. The number of alkyl halides is 3. The Bertz CT molecular complexity index is 427. The van der Waals surface area contributed by atoms with Crippen LogP contribution in [0, 0.1) is 0 Å². The van der Waals surface area contributed by atoms with Crippen molar-refractivity contribution >= 4 is 0 Å². The maximum absolute atomic E-state index is 12.9. The van der Waals surface area contributed by atoms with Crippen molar-refractivity contribution in [3.8, 4) is 5.88 Å². The van der Waals surface area contributed by atoms with Gasteiger partial charge in [-0.3, -0.25) is 0 Å². The number of pyridine rings is 1. The first-order chi connectivity index (χ1) is 7.97. The van der Waals surface area contributed by atoms with Gasteiger partial charge >= 0.3 is 6.18 Å². The zero-order chi connectivity index (χ0) is 12.6. The summed E-state index contributed by atoms with van der Waals surface area (Å²) in [4.78, 5) is 4.10. The Kier molecular flexibility index (Phi) is 2.99. The lowest BCUT2D eigenvalue weighted by Crippen LogP contribution is -2.15. The quantitative estimate of drug-likeness (QED) is 0.891. The number of hydrogen-bond donors (Lipinski definition) is 1. The Morgan fingerprint density at radius 3 is 2.53 bits per heavy atom. The fourth-order valence-electron chi connectivity index (χ4n) is 1.77. The average molecular weight is 246 g/mol. The molecule has 1 heterocycles. The van der Waals surface area contributed by atoms with E-state index in [1.807, 2.05) is 0 Å². The van der Waals surface area contributed by atoms with Gasteiger partial charge < -0.3 is 10.5 Å². The van der Waals surface area contributed by atoms with Gasteiger partial charge in [-0.1, -0.05) is 0 Å². The zero-order valence-electron chi connectivity index (χ0n) is 9.34. The van der Waals surface area contributed by atoms with E-state index in [1.54, 1.807) is 0 Å². The topological polar surface area (TPSA) is 48.1 Å². The van der Waals surface area contributed by atoms with Crippen LogP contribution in [-0.2, 0) is 12.7 Å². The second-order valence-electron chi connectivity index (χ2n) is 4.06. The number of nitrogens with two attached hydrogens (primary N) is 1. The van der Waals surface area contributed by atoms with Gasteiger partial charge in [0.1, 0.15) is 0 Å². The van der Waals surface area contributed by atoms with E-state index in [9.17, 15) is 13.2 Å². The molecular weight excluding hydrogens is 233 g/mol. The molecule has 6 heteroatoms. The molecule has 0 unspecified atom stereocenters. The van der Waals surface area contributed by atoms with Crippen LogP contribution in [-0.4, -0.2) is 12.1 Å². The zero-order valence-corrected chi connectivity index (χ0v) is 9.34. The summed E-state index contributed by atoms with van der Waals surface area (Å²) >= 11 is 0. The Hall–Kier alpha value is -1.30. The molecule has 0 radical (unpaired) electrons. The molecule has 17 heavy (non-hydrogen) atoms. The number of ether oxygens (including phenoxy) is 1. The van der Waals surface area contributed by atoms with Gasteiger partial charge in [-0.25, -0.2) is 4.98 Å². The fraction of sp³-hybridized carbons (Fsp3) is 0.545. The molecule has 1 saturated carbocycles. The maximum Gasteiger partial charge on any atom is 0.416 e. The summed E-state index contributed by atoms with van der Waals surface area (Å²) in [7, 11) is 1.30. The molecule has 0 saturated heterocycles. The molecule has 0 atom stereocenters. The van der Waals surface area contributed by atoms with Crippen LogP contribution < -0.4 is 10.5 Å². The molecule has 0 spiro atoms. The van der Waals surface area contributed by atoms with Crippen molar-refractivity contribution < 1.29 is 17.9 Å². The number of rotatable bonds is 3. The van der Waals surface area contributed by atoms with Crippen molar-refractivity contribution in [2.75, 3.05) is 7.11 Å². The Morgan fingerprint density at radius 2 is 2.12 bits per heavy atom. The van der Waals surface area contributed by atoms with E-state index in [0.717, 1.165) is 18.9 Å². The highest BCUT2D eigenvalue weighted by atomic mass is 19.4. The van der Waals surface area contributed by atoms with Crippen molar-refractivity contribution in [3.05, 3.63) is 22.9 Å². The predicted molar refractivity (Wildman–Crippen MR) is 55.7 cm³/mol. The number of aromatic nitrogens is 1. The maximum atomic E-state index is 12.9. The molecule has 1 fully saturated rings. The van der Waals surface area contributed by atoms with Crippen LogP contribution in [0.1, 0.15) is 35.6 Å². The van der Waals surface area contributed by atoms with Gasteiger partial charge in [0.2, 0.25) is 5.88 Å². The fourth-order valence-corrected chi connectivity index (χ4v) is 1.77. The van der Waals surface area contributed by atoms with Crippen molar-refractivity contribution in [3.63, 3.8) is 0 Å². The third-order valence-electron chi connectivity index (χ3n) is 2.80. The first-order valence-electron chi connectivity index (χ1n) is 5.32. The van der Waals surface area contributed by atoms with Gasteiger partial charge in [0.25, 0.3) is 0 Å². The van der Waals surface area contributed by atoms with Crippen LogP contribution in [0.3, 0.4) is 0 Å². The molecule has 94 valence electrons. The van der Waals surface area contributed by atoms with E-state index in [-0.39, 0.29) is 23.9 Å². The van der Waals surface area contributed by atoms with Crippen LogP contribution in [0.25, 0.3) is 0 Å². The largest absolute Gasteiger partial charge is 0.481 e. The Balaban J connectivity index is 2.56. The van der Waals surface area contributed by atoms with E-state index in [0.29, 0.717) is 5.69 Å². The minimum absolute atomic E-state index is 0.00998. The van der Waals surface area contributed by atoms with Crippen molar-refractivity contribution in [2.45, 2.75) is 31.5 Å². The molecular formula is C11H13F3N2O. The second-order valence-corrected chi connectivity index (χ2v) is 4.06. The van der Waals surface area contributed by atoms with Gasteiger partial charge in [-0.2, -0.15) is 13.2 Å². The standard InChI is InChI=1S/C11H13F3N2O/c1-17-10-7(5-15)8(11(12,13)14)4-9(16-10)6-2-3-6/h4,6H,2-3,5,15H2,1H3. The molecule has 1 aromatic heterocycles. The van der Waals surface area contributed by atoms with Crippen LogP contribution in [0.4, 0.5) is 13.2 Å². The Morgan fingerprint density at radius 1 is 1.47 bits per heavy atom. The first kappa shape index (κ1) is 12.2. The molecule has 3 nitrogen and oxygen atoms in total. The van der Waals surface area contributed by atoms with E-state index >= 15 is 0 Å². The minimum atomic E-state index is -4.42. The highest BCUT2D eigenvalue weighted by molar-refractivity contribution is 5.40. The Labute approximate surface area is 96.8 Å². The lowest BCUT2D eigenvalue weighted by Gasteiger charge is -2.16. The molecule has 2 N–H and O–H groups in total. The van der Waals surface area contributed by atoms with Crippen LogP contribution in [0.2, 0.25) is 0 Å². The van der Waals surface area contributed by atoms with Crippen LogP contribution >= 0.6 is 0 Å². The molecule has 0 amide bonds. The van der Waals surface area contributed by atoms with Gasteiger partial charge in [0.05, 0.1) is 12.7 Å². The number of halogens is 3. The summed E-state index contributed by atoms with van der Waals surface area (Å²) in [6.07, 6.45) is -2.65. The highest BCUT2D eigenvalue weighted by Gasteiger charge is 2.37. The van der Waals surface area contributed by atoms with Crippen molar-refractivity contribution in [1.29, 1.82) is 0 Å². The van der Waals surface area contributed by atoms with Crippen LogP contribution in [0.15, 0.2) is 6.07 Å². The minimum Gasteiger partial charge on any atom is -0.481 e. The molecule has 2 rings (SSSR count). The lowest BCUT2D eigenvalue weighted by molar-refractivity contribution is -0.138. The number of nitrogens with zero attached hydrogens (tertiary/aromatic N) is 1. The third kappa shape index (κ3) is 2.36. The van der Waals surface area contributed by atoms with Gasteiger partial charge in [-0.15, -0.1) is 0 Å². The van der Waals surface area contributed by atoms with E-state index < -0.39 is 11.7 Å². The normalized spacial score (nSPS) is 16.1. The summed E-state index contributed by atoms with van der Waals surface area (Å²) in [6.45, 7) is -0.240. The molecule has 0 bridgehead atoms.